The van der Waals surface area contributed by atoms with Gasteiger partial charge in [-0.1, -0.05) is 42.5 Å². The largest absolute Gasteiger partial charge is 0.496 e. The molecule has 0 aliphatic carbocycles. The lowest BCUT2D eigenvalue weighted by atomic mass is 9.86. The lowest BCUT2D eigenvalue weighted by Crippen LogP contribution is -2.66. The first-order valence-corrected chi connectivity index (χ1v) is 9.65. The number of halogens is 3. The number of nitrogens with one attached hydrogen (secondary N) is 1. The normalized spacial score (nSPS) is 18.7. The second kappa shape index (κ2) is 8.49. The molecule has 1 aliphatic heterocycles. The fraction of sp³-hybridized carbons (Fsp3) is 0.261. The van der Waals surface area contributed by atoms with E-state index in [1.165, 1.54) is 32.2 Å². The Bertz CT molecular complexity index is 1100. The number of Topliss-reactive ketones (excluding diaryl/α,β-unsaturated/α-hetero) is 1. The third kappa shape index (κ3) is 3.74. The van der Waals surface area contributed by atoms with Gasteiger partial charge in [0.25, 0.3) is 11.8 Å². The van der Waals surface area contributed by atoms with E-state index in [2.05, 4.69) is 0 Å². The summed E-state index contributed by atoms with van der Waals surface area (Å²) in [5.41, 5.74) is -4.13. The van der Waals surface area contributed by atoms with Gasteiger partial charge < -0.3 is 15.0 Å². The van der Waals surface area contributed by atoms with Crippen LogP contribution in [0, 0.1) is 0 Å². The molecule has 168 valence electrons. The van der Waals surface area contributed by atoms with E-state index in [0.29, 0.717) is 5.56 Å². The molecule has 2 aromatic carbocycles. The highest BCUT2D eigenvalue weighted by atomic mass is 19.4. The summed E-state index contributed by atoms with van der Waals surface area (Å²) in [5.74, 6) is -3.58. The molecule has 0 saturated heterocycles. The second-order valence-electron chi connectivity index (χ2n) is 7.30. The molecule has 0 radical (unpaired) electrons. The van der Waals surface area contributed by atoms with Crippen molar-refractivity contribution < 1.29 is 32.3 Å². The summed E-state index contributed by atoms with van der Waals surface area (Å²) in [5, 5.41) is 1.84. The number of benzene rings is 2. The Morgan fingerprint density at radius 2 is 1.66 bits per heavy atom. The average molecular weight is 446 g/mol. The van der Waals surface area contributed by atoms with E-state index in [0.717, 1.165) is 11.8 Å². The molecule has 0 spiro atoms. The lowest BCUT2D eigenvalue weighted by Gasteiger charge is -2.33. The third-order valence-electron chi connectivity index (χ3n) is 5.32. The SMILES string of the molecule is COc1ccccc1C(=O)NC1(C(F)(F)F)C(=O)N(Cc2ccccc2)C(C)=C1C(C)=O. The molecule has 0 fully saturated rings. The summed E-state index contributed by atoms with van der Waals surface area (Å²) in [6.45, 7) is 2.01. The van der Waals surface area contributed by atoms with E-state index in [4.69, 9.17) is 4.74 Å². The van der Waals surface area contributed by atoms with Crippen molar-refractivity contribution >= 4 is 17.6 Å². The van der Waals surface area contributed by atoms with Crippen molar-refractivity contribution in [2.75, 3.05) is 7.11 Å². The second-order valence-corrected chi connectivity index (χ2v) is 7.30. The molecule has 1 atom stereocenters. The van der Waals surface area contributed by atoms with Crippen LogP contribution in [0.2, 0.25) is 0 Å². The minimum atomic E-state index is -5.28. The Labute approximate surface area is 182 Å². The Morgan fingerprint density at radius 3 is 2.22 bits per heavy atom. The molecule has 1 aliphatic rings. The van der Waals surface area contributed by atoms with Gasteiger partial charge in [0.15, 0.2) is 5.78 Å². The van der Waals surface area contributed by atoms with E-state index >= 15 is 0 Å². The fourth-order valence-electron chi connectivity index (χ4n) is 3.86. The number of methoxy groups -OCH3 is 1. The van der Waals surface area contributed by atoms with Crippen LogP contribution in [0.5, 0.6) is 5.75 Å². The van der Waals surface area contributed by atoms with Crippen molar-refractivity contribution in [3.05, 3.63) is 77.0 Å². The van der Waals surface area contributed by atoms with E-state index in [1.807, 2.05) is 5.32 Å². The maximum Gasteiger partial charge on any atom is 0.425 e. The van der Waals surface area contributed by atoms with Crippen LogP contribution in [0.15, 0.2) is 65.9 Å². The van der Waals surface area contributed by atoms with Crippen molar-refractivity contribution in [1.29, 1.82) is 0 Å². The molecule has 6 nitrogen and oxygen atoms in total. The van der Waals surface area contributed by atoms with Crippen LogP contribution >= 0.6 is 0 Å². The number of rotatable bonds is 6. The predicted octanol–water partition coefficient (Wildman–Crippen LogP) is 3.63. The number of hydrogen-bond donors (Lipinski definition) is 1. The first-order chi connectivity index (χ1) is 15.0. The van der Waals surface area contributed by atoms with Crippen LogP contribution in [0.3, 0.4) is 0 Å². The van der Waals surface area contributed by atoms with Crippen LogP contribution in [0.1, 0.15) is 29.8 Å². The maximum atomic E-state index is 14.5. The molecule has 2 amide bonds. The fourth-order valence-corrected chi connectivity index (χ4v) is 3.86. The number of alkyl halides is 3. The summed E-state index contributed by atoms with van der Waals surface area (Å²) in [6.07, 6.45) is -5.28. The number of carbonyl (C=O) groups excluding carboxylic acids is 3. The van der Waals surface area contributed by atoms with E-state index in [9.17, 15) is 27.6 Å². The molecular weight excluding hydrogens is 425 g/mol. The van der Waals surface area contributed by atoms with Crippen LogP contribution in [-0.2, 0) is 16.1 Å². The number of para-hydroxylation sites is 1. The zero-order valence-corrected chi connectivity index (χ0v) is 17.6. The van der Waals surface area contributed by atoms with Crippen LogP contribution in [0.25, 0.3) is 0 Å². The quantitative estimate of drug-likeness (QED) is 0.735. The molecule has 1 unspecified atom stereocenters. The van der Waals surface area contributed by atoms with Gasteiger partial charge in [0, 0.05) is 5.70 Å². The number of ether oxygens (including phenoxy) is 1. The zero-order chi connectivity index (χ0) is 23.7. The topological polar surface area (TPSA) is 75.7 Å². The van der Waals surface area contributed by atoms with Gasteiger partial charge in [0.05, 0.1) is 24.8 Å². The first kappa shape index (κ1) is 23.1. The van der Waals surface area contributed by atoms with E-state index < -0.39 is 34.9 Å². The van der Waals surface area contributed by atoms with Crippen molar-refractivity contribution in [3.8, 4) is 5.75 Å². The predicted molar refractivity (Wildman–Crippen MR) is 110 cm³/mol. The summed E-state index contributed by atoms with van der Waals surface area (Å²) in [7, 11) is 1.26. The van der Waals surface area contributed by atoms with Gasteiger partial charge in [-0.05, 0) is 31.5 Å². The summed E-state index contributed by atoms with van der Waals surface area (Å²) in [4.78, 5) is 39.5. The molecule has 1 N–H and O–H groups in total. The van der Waals surface area contributed by atoms with Gasteiger partial charge in [-0.3, -0.25) is 14.4 Å². The summed E-state index contributed by atoms with van der Waals surface area (Å²) in [6, 6.07) is 14.0. The highest BCUT2D eigenvalue weighted by Crippen LogP contribution is 2.45. The molecule has 0 bridgehead atoms. The van der Waals surface area contributed by atoms with Gasteiger partial charge >= 0.3 is 6.18 Å². The standard InChI is InChI=1S/C23H21F3N2O4/c1-14-19(15(2)29)22(23(24,25)26,21(31)28(14)13-16-9-5-4-6-10-16)27-20(30)17-11-7-8-12-18(17)32-3/h4-12H,13H2,1-3H3,(H,27,30). The number of nitrogens with zero attached hydrogens (tertiary/aromatic N) is 1. The zero-order valence-electron chi connectivity index (χ0n) is 17.6. The van der Waals surface area contributed by atoms with Crippen molar-refractivity contribution in [2.24, 2.45) is 0 Å². The number of hydrogen-bond acceptors (Lipinski definition) is 4. The number of ketones is 1. The Kier molecular flexibility index (Phi) is 6.11. The van der Waals surface area contributed by atoms with E-state index in [1.54, 1.807) is 36.4 Å². The van der Waals surface area contributed by atoms with Crippen LogP contribution in [0.4, 0.5) is 13.2 Å². The van der Waals surface area contributed by atoms with Gasteiger partial charge in [-0.2, -0.15) is 13.2 Å². The minimum Gasteiger partial charge on any atom is -0.496 e. The number of allylic oxidation sites excluding steroid dienone is 1. The van der Waals surface area contributed by atoms with Crippen LogP contribution in [-0.4, -0.2) is 41.3 Å². The Balaban J connectivity index is 2.13. The van der Waals surface area contributed by atoms with Gasteiger partial charge in [-0.25, -0.2) is 0 Å². The van der Waals surface area contributed by atoms with E-state index in [-0.39, 0.29) is 23.6 Å². The minimum absolute atomic E-state index is 0.0268. The van der Waals surface area contributed by atoms with Crippen molar-refractivity contribution in [2.45, 2.75) is 32.1 Å². The Morgan fingerprint density at radius 1 is 1.06 bits per heavy atom. The van der Waals surface area contributed by atoms with Gasteiger partial charge in [0.1, 0.15) is 5.75 Å². The highest BCUT2D eigenvalue weighted by Gasteiger charge is 2.69. The Hall–Kier alpha value is -3.62. The molecule has 9 heteroatoms. The molecule has 32 heavy (non-hydrogen) atoms. The van der Waals surface area contributed by atoms with Gasteiger partial charge in [0.2, 0.25) is 5.54 Å². The molecule has 0 aromatic heterocycles. The maximum absolute atomic E-state index is 14.5. The molecular formula is C23H21F3N2O4. The third-order valence-corrected chi connectivity index (χ3v) is 5.32. The highest BCUT2D eigenvalue weighted by molar-refractivity contribution is 6.13. The van der Waals surface area contributed by atoms with Crippen LogP contribution < -0.4 is 10.1 Å². The number of amides is 2. The van der Waals surface area contributed by atoms with Gasteiger partial charge in [-0.15, -0.1) is 0 Å². The molecule has 0 saturated carbocycles. The molecule has 1 heterocycles. The first-order valence-electron chi connectivity index (χ1n) is 9.65. The summed E-state index contributed by atoms with van der Waals surface area (Å²) >= 11 is 0. The molecule has 2 aromatic rings. The number of carbonyl (C=O) groups is 3. The average Bonchev–Trinajstić information content (AvgIpc) is 2.96. The lowest BCUT2D eigenvalue weighted by molar-refractivity contribution is -0.190. The smallest absolute Gasteiger partial charge is 0.425 e. The monoisotopic (exact) mass is 446 g/mol. The van der Waals surface area contributed by atoms with Crippen molar-refractivity contribution in [3.63, 3.8) is 0 Å². The van der Waals surface area contributed by atoms with Crippen molar-refractivity contribution in [1.82, 2.24) is 10.2 Å². The summed E-state index contributed by atoms with van der Waals surface area (Å²) < 4.78 is 48.7. The molecule has 3 rings (SSSR count).